The number of hydrogen-bond donors (Lipinski definition) is 2. The Morgan fingerprint density at radius 3 is 2.67 bits per heavy atom. The molecule has 1 aromatic carbocycles. The molecule has 1 amide bonds. The number of benzene rings is 1. The number of carbonyl (C=O) groups excluding carboxylic acids is 1. The van der Waals surface area contributed by atoms with Crippen LogP contribution in [0.3, 0.4) is 0 Å². The van der Waals surface area contributed by atoms with Crippen LogP contribution in [0.2, 0.25) is 0 Å². The highest BCUT2D eigenvalue weighted by atomic mass is 127. The molecule has 0 saturated heterocycles. The first-order chi connectivity index (χ1) is 7.02. The number of aromatic carboxylic acids is 1. The summed E-state index contributed by atoms with van der Waals surface area (Å²) in [5.41, 5.74) is 2.10. The van der Waals surface area contributed by atoms with E-state index in [4.69, 9.17) is 9.94 Å². The molecule has 80 valence electrons. The van der Waals surface area contributed by atoms with Crippen LogP contribution in [0.4, 0.5) is 0 Å². The van der Waals surface area contributed by atoms with Gasteiger partial charge in [-0.3, -0.25) is 4.79 Å². The summed E-state index contributed by atoms with van der Waals surface area (Å²) < 4.78 is 0.612. The number of rotatable bonds is 3. The number of hydrogen-bond acceptors (Lipinski definition) is 3. The van der Waals surface area contributed by atoms with Crippen molar-refractivity contribution in [3.8, 4) is 5.75 Å². The number of hydroxylamine groups is 1. The van der Waals surface area contributed by atoms with E-state index in [1.54, 1.807) is 12.1 Å². The zero-order chi connectivity index (χ0) is 11.4. The van der Waals surface area contributed by atoms with Crippen molar-refractivity contribution in [1.29, 1.82) is 0 Å². The van der Waals surface area contributed by atoms with E-state index in [1.807, 2.05) is 22.6 Å². The van der Waals surface area contributed by atoms with Gasteiger partial charge in [0.15, 0.2) is 5.75 Å². The van der Waals surface area contributed by atoms with Gasteiger partial charge in [0.1, 0.15) is 5.56 Å². The van der Waals surface area contributed by atoms with E-state index in [-0.39, 0.29) is 11.3 Å². The van der Waals surface area contributed by atoms with E-state index in [0.29, 0.717) is 3.57 Å². The van der Waals surface area contributed by atoms with Crippen molar-refractivity contribution in [3.63, 3.8) is 0 Å². The maximum absolute atomic E-state index is 10.8. The fraction of sp³-hybridized carbons (Fsp3) is 0.111. The second-order valence-corrected chi connectivity index (χ2v) is 3.84. The summed E-state index contributed by atoms with van der Waals surface area (Å²) in [6, 6.07) is 4.69. The third kappa shape index (κ3) is 3.08. The molecule has 6 heteroatoms. The lowest BCUT2D eigenvalue weighted by Gasteiger charge is -2.09. The average Bonchev–Trinajstić information content (AvgIpc) is 2.15. The number of nitrogens with one attached hydrogen (secondary N) is 1. The highest BCUT2D eigenvalue weighted by Gasteiger charge is 2.14. The average molecular weight is 321 g/mol. The van der Waals surface area contributed by atoms with Crippen LogP contribution in [0.5, 0.6) is 5.75 Å². The van der Waals surface area contributed by atoms with Gasteiger partial charge in [-0.1, -0.05) is 6.07 Å². The molecule has 0 bridgehead atoms. The molecule has 0 aliphatic carbocycles. The van der Waals surface area contributed by atoms with Crippen LogP contribution in [0, 0.1) is 3.57 Å². The van der Waals surface area contributed by atoms with Crippen molar-refractivity contribution in [2.75, 3.05) is 0 Å². The third-order valence-electron chi connectivity index (χ3n) is 1.49. The fourth-order valence-electron chi connectivity index (χ4n) is 0.904. The summed E-state index contributed by atoms with van der Waals surface area (Å²) in [7, 11) is 0. The van der Waals surface area contributed by atoms with Crippen molar-refractivity contribution in [1.82, 2.24) is 5.48 Å². The first-order valence-corrected chi connectivity index (χ1v) is 5.05. The molecule has 0 spiro atoms. The van der Waals surface area contributed by atoms with Gasteiger partial charge in [-0.05, 0) is 34.7 Å². The molecule has 0 heterocycles. The molecule has 2 N–H and O–H groups in total. The molecule has 0 saturated carbocycles. The molecule has 0 aliphatic rings. The van der Waals surface area contributed by atoms with Gasteiger partial charge in [0.25, 0.3) is 0 Å². The molecule has 0 radical (unpaired) electrons. The number of carbonyl (C=O) groups is 2. The van der Waals surface area contributed by atoms with Gasteiger partial charge < -0.3 is 9.94 Å². The Labute approximate surface area is 99.5 Å². The van der Waals surface area contributed by atoms with Crippen LogP contribution in [-0.2, 0) is 4.79 Å². The van der Waals surface area contributed by atoms with Crippen molar-refractivity contribution in [3.05, 3.63) is 27.3 Å². The topological polar surface area (TPSA) is 75.6 Å². The predicted octanol–water partition coefficient (Wildman–Crippen LogP) is 1.42. The van der Waals surface area contributed by atoms with Gasteiger partial charge in [0.05, 0.1) is 3.57 Å². The lowest BCUT2D eigenvalue weighted by molar-refractivity contribution is -0.125. The Morgan fingerprint density at radius 1 is 1.47 bits per heavy atom. The van der Waals surface area contributed by atoms with E-state index >= 15 is 0 Å². The Morgan fingerprint density at radius 2 is 2.13 bits per heavy atom. The van der Waals surface area contributed by atoms with Crippen LogP contribution < -0.4 is 10.3 Å². The zero-order valence-corrected chi connectivity index (χ0v) is 9.94. The number of carboxylic acid groups (broad SMARTS) is 1. The standard InChI is InChI=1S/C9H8INO4/c1-5(12)11-15-8-6(9(13)14)3-2-4-7(8)10/h2-4H,1H3,(H,11,12)(H,13,14). The van der Waals surface area contributed by atoms with Crippen LogP contribution in [0.15, 0.2) is 18.2 Å². The predicted molar refractivity (Wildman–Crippen MR) is 60.6 cm³/mol. The molecular formula is C9H8INO4. The minimum atomic E-state index is -1.10. The van der Waals surface area contributed by atoms with Crippen molar-refractivity contribution >= 4 is 34.5 Å². The smallest absolute Gasteiger partial charge is 0.339 e. The van der Waals surface area contributed by atoms with Gasteiger partial charge in [-0.25, -0.2) is 4.79 Å². The lowest BCUT2D eigenvalue weighted by atomic mass is 10.2. The highest BCUT2D eigenvalue weighted by Crippen LogP contribution is 2.24. The SMILES string of the molecule is CC(=O)NOc1c(I)cccc1C(=O)O. The summed E-state index contributed by atoms with van der Waals surface area (Å²) in [6.07, 6.45) is 0. The largest absolute Gasteiger partial charge is 0.478 e. The normalized spacial score (nSPS) is 9.47. The van der Waals surface area contributed by atoms with E-state index in [2.05, 4.69) is 5.48 Å². The Hall–Kier alpha value is -1.31. The Bertz CT molecular complexity index is 405. The first kappa shape index (κ1) is 11.8. The molecule has 15 heavy (non-hydrogen) atoms. The summed E-state index contributed by atoms with van der Waals surface area (Å²) >= 11 is 1.93. The Balaban J connectivity index is 3.02. The van der Waals surface area contributed by atoms with E-state index < -0.39 is 11.9 Å². The van der Waals surface area contributed by atoms with E-state index in [9.17, 15) is 9.59 Å². The number of para-hydroxylation sites is 1. The van der Waals surface area contributed by atoms with Gasteiger partial charge in [-0.15, -0.1) is 0 Å². The molecule has 1 aromatic rings. The quantitative estimate of drug-likeness (QED) is 0.652. The van der Waals surface area contributed by atoms with Gasteiger partial charge in [-0.2, -0.15) is 5.48 Å². The van der Waals surface area contributed by atoms with Gasteiger partial charge in [0.2, 0.25) is 5.91 Å². The van der Waals surface area contributed by atoms with Gasteiger partial charge in [0, 0.05) is 6.92 Å². The number of carboxylic acids is 1. The molecular weight excluding hydrogens is 313 g/mol. The van der Waals surface area contributed by atoms with Crippen molar-refractivity contribution in [2.45, 2.75) is 6.92 Å². The first-order valence-electron chi connectivity index (χ1n) is 3.97. The second kappa shape index (κ2) is 4.96. The summed E-state index contributed by atoms with van der Waals surface area (Å²) in [5.74, 6) is -1.36. The second-order valence-electron chi connectivity index (χ2n) is 2.68. The molecule has 0 fully saturated rings. The molecule has 0 atom stereocenters. The molecule has 0 aromatic heterocycles. The van der Waals surface area contributed by atoms with Crippen molar-refractivity contribution in [2.24, 2.45) is 0 Å². The van der Waals surface area contributed by atoms with E-state index in [1.165, 1.54) is 13.0 Å². The van der Waals surface area contributed by atoms with Gasteiger partial charge >= 0.3 is 5.97 Å². The number of halogens is 1. The molecule has 0 aliphatic heterocycles. The van der Waals surface area contributed by atoms with Crippen LogP contribution in [0.1, 0.15) is 17.3 Å². The molecule has 5 nitrogen and oxygen atoms in total. The fourth-order valence-corrected chi connectivity index (χ4v) is 1.51. The third-order valence-corrected chi connectivity index (χ3v) is 2.34. The minimum absolute atomic E-state index is 0.00986. The zero-order valence-electron chi connectivity index (χ0n) is 7.78. The maximum atomic E-state index is 10.8. The van der Waals surface area contributed by atoms with Crippen LogP contribution >= 0.6 is 22.6 Å². The van der Waals surface area contributed by atoms with Crippen molar-refractivity contribution < 1.29 is 19.5 Å². The molecule has 1 rings (SSSR count). The minimum Gasteiger partial charge on any atom is -0.478 e. The summed E-state index contributed by atoms with van der Waals surface area (Å²) in [6.45, 7) is 1.27. The monoisotopic (exact) mass is 321 g/mol. The van der Waals surface area contributed by atoms with Crippen LogP contribution in [-0.4, -0.2) is 17.0 Å². The highest BCUT2D eigenvalue weighted by molar-refractivity contribution is 14.1. The summed E-state index contributed by atoms with van der Waals surface area (Å²) in [4.78, 5) is 26.3. The van der Waals surface area contributed by atoms with Crippen LogP contribution in [0.25, 0.3) is 0 Å². The maximum Gasteiger partial charge on any atom is 0.339 e. The molecule has 0 unspecified atom stereocenters. The Kier molecular flexibility index (Phi) is 3.89. The lowest BCUT2D eigenvalue weighted by Crippen LogP contribution is -2.25. The van der Waals surface area contributed by atoms with E-state index in [0.717, 1.165) is 0 Å². The summed E-state index contributed by atoms with van der Waals surface area (Å²) in [5, 5.41) is 8.86. The number of amides is 1.